The van der Waals surface area contributed by atoms with E-state index < -0.39 is 5.54 Å². The Bertz CT molecular complexity index is 929. The van der Waals surface area contributed by atoms with Crippen molar-refractivity contribution in [1.29, 1.82) is 5.26 Å². The highest BCUT2D eigenvalue weighted by Gasteiger charge is 2.35. The maximum absolute atomic E-state index is 12.4. The SMILES string of the molecule is N#CC1(NC(=O)CCn2[nH]c(=O)c3ccccc3c2=O)CCCC1. The van der Waals surface area contributed by atoms with Crippen LogP contribution in [0.3, 0.4) is 0 Å². The minimum Gasteiger partial charge on any atom is -0.338 e. The number of carbonyl (C=O) groups excluding carboxylic acids is 1. The molecule has 1 heterocycles. The summed E-state index contributed by atoms with van der Waals surface area (Å²) in [6, 6.07) is 8.75. The molecule has 1 saturated carbocycles. The third-order valence-corrected chi connectivity index (χ3v) is 4.50. The Balaban J connectivity index is 1.75. The lowest BCUT2D eigenvalue weighted by atomic mass is 10.00. The van der Waals surface area contributed by atoms with Crippen molar-refractivity contribution in [2.75, 3.05) is 0 Å². The van der Waals surface area contributed by atoms with E-state index in [0.29, 0.717) is 23.6 Å². The number of fused-ring (bicyclic) bond motifs is 1. The first kappa shape index (κ1) is 16.0. The Morgan fingerprint density at radius 1 is 1.25 bits per heavy atom. The summed E-state index contributed by atoms with van der Waals surface area (Å²) in [4.78, 5) is 36.5. The van der Waals surface area contributed by atoms with E-state index in [4.69, 9.17) is 0 Å². The largest absolute Gasteiger partial charge is 0.338 e. The Labute approximate surface area is 137 Å². The minimum absolute atomic E-state index is 0.0254. The summed E-state index contributed by atoms with van der Waals surface area (Å²) in [6.07, 6.45) is 3.18. The number of nitriles is 1. The zero-order valence-corrected chi connectivity index (χ0v) is 13.2. The van der Waals surface area contributed by atoms with Crippen LogP contribution in [0.4, 0.5) is 0 Å². The van der Waals surface area contributed by atoms with Crippen LogP contribution in [0.5, 0.6) is 0 Å². The number of amides is 1. The highest BCUT2D eigenvalue weighted by Crippen LogP contribution is 2.28. The first-order valence-corrected chi connectivity index (χ1v) is 7.99. The summed E-state index contributed by atoms with van der Waals surface area (Å²) in [5, 5.41) is 15.2. The van der Waals surface area contributed by atoms with Gasteiger partial charge in [0.1, 0.15) is 5.54 Å². The van der Waals surface area contributed by atoms with E-state index >= 15 is 0 Å². The molecule has 1 aromatic carbocycles. The maximum atomic E-state index is 12.4. The first-order valence-electron chi connectivity index (χ1n) is 7.99. The van der Waals surface area contributed by atoms with Crippen LogP contribution in [0.2, 0.25) is 0 Å². The highest BCUT2D eigenvalue weighted by atomic mass is 16.2. The maximum Gasteiger partial charge on any atom is 0.273 e. The van der Waals surface area contributed by atoms with Crippen molar-refractivity contribution in [1.82, 2.24) is 15.1 Å². The summed E-state index contributed by atoms with van der Waals surface area (Å²) >= 11 is 0. The molecule has 2 aromatic rings. The molecule has 124 valence electrons. The van der Waals surface area contributed by atoms with Gasteiger partial charge in [0.25, 0.3) is 11.1 Å². The first-order chi connectivity index (χ1) is 11.5. The second-order valence-corrected chi connectivity index (χ2v) is 6.14. The molecule has 1 aliphatic rings. The van der Waals surface area contributed by atoms with Gasteiger partial charge in [0.2, 0.25) is 5.91 Å². The Morgan fingerprint density at radius 3 is 2.58 bits per heavy atom. The molecule has 0 aliphatic heterocycles. The van der Waals surface area contributed by atoms with Gasteiger partial charge in [0, 0.05) is 6.42 Å². The predicted octanol–water partition coefficient (Wildman–Crippen LogP) is 1.03. The normalized spacial score (nSPS) is 16.0. The Morgan fingerprint density at radius 2 is 1.92 bits per heavy atom. The summed E-state index contributed by atoms with van der Waals surface area (Å²) in [5.41, 5.74) is -1.48. The molecule has 7 heteroatoms. The van der Waals surface area contributed by atoms with E-state index in [-0.39, 0.29) is 30.0 Å². The molecule has 1 aromatic heterocycles. The average molecular weight is 326 g/mol. The van der Waals surface area contributed by atoms with E-state index in [2.05, 4.69) is 16.5 Å². The smallest absolute Gasteiger partial charge is 0.273 e. The Kier molecular flexibility index (Phi) is 4.21. The topological polar surface area (TPSA) is 108 Å². The standard InChI is InChI=1S/C17H18N4O3/c18-11-17(8-3-4-9-17)19-14(22)7-10-21-16(24)13-6-2-1-5-12(13)15(23)20-21/h1-2,5-6H,3-4,7-10H2,(H,19,22)(H,20,23). The second-order valence-electron chi connectivity index (χ2n) is 6.14. The fourth-order valence-electron chi connectivity index (χ4n) is 3.19. The molecular formula is C17H18N4O3. The van der Waals surface area contributed by atoms with Crippen LogP contribution < -0.4 is 16.4 Å². The van der Waals surface area contributed by atoms with Gasteiger partial charge in [-0.2, -0.15) is 5.26 Å². The van der Waals surface area contributed by atoms with Crippen LogP contribution in [0, 0.1) is 11.3 Å². The van der Waals surface area contributed by atoms with E-state index in [0.717, 1.165) is 17.5 Å². The van der Waals surface area contributed by atoms with Crippen molar-refractivity contribution >= 4 is 16.7 Å². The number of aromatic amines is 1. The average Bonchev–Trinajstić information content (AvgIpc) is 3.06. The number of aryl methyl sites for hydroxylation is 1. The van der Waals surface area contributed by atoms with Crippen molar-refractivity contribution in [3.63, 3.8) is 0 Å². The molecule has 1 amide bonds. The quantitative estimate of drug-likeness (QED) is 0.875. The van der Waals surface area contributed by atoms with Crippen molar-refractivity contribution in [2.45, 2.75) is 44.2 Å². The summed E-state index contributed by atoms with van der Waals surface area (Å²) < 4.78 is 1.15. The van der Waals surface area contributed by atoms with Crippen LogP contribution in [-0.4, -0.2) is 21.2 Å². The number of nitrogens with one attached hydrogen (secondary N) is 2. The minimum atomic E-state index is -0.779. The molecule has 0 saturated heterocycles. The van der Waals surface area contributed by atoms with Gasteiger partial charge in [0.05, 0.1) is 23.4 Å². The van der Waals surface area contributed by atoms with E-state index in [9.17, 15) is 19.6 Å². The third kappa shape index (κ3) is 2.95. The molecule has 2 N–H and O–H groups in total. The number of aromatic nitrogens is 2. The monoisotopic (exact) mass is 326 g/mol. The summed E-state index contributed by atoms with van der Waals surface area (Å²) in [6.45, 7) is 0.0618. The van der Waals surface area contributed by atoms with Crippen LogP contribution in [0.1, 0.15) is 32.1 Å². The van der Waals surface area contributed by atoms with Crippen LogP contribution in [-0.2, 0) is 11.3 Å². The fourth-order valence-corrected chi connectivity index (χ4v) is 3.19. The number of rotatable bonds is 4. The number of carbonyl (C=O) groups is 1. The summed E-state index contributed by atoms with van der Waals surface area (Å²) in [7, 11) is 0. The van der Waals surface area contributed by atoms with Crippen molar-refractivity contribution < 1.29 is 4.79 Å². The number of H-pyrrole nitrogens is 1. The predicted molar refractivity (Wildman–Crippen MR) is 88.4 cm³/mol. The second kappa shape index (κ2) is 6.32. The molecule has 0 bridgehead atoms. The van der Waals surface area contributed by atoms with Crippen LogP contribution in [0.15, 0.2) is 33.9 Å². The van der Waals surface area contributed by atoms with Crippen LogP contribution >= 0.6 is 0 Å². The molecular weight excluding hydrogens is 308 g/mol. The molecule has 24 heavy (non-hydrogen) atoms. The lowest BCUT2D eigenvalue weighted by molar-refractivity contribution is -0.122. The van der Waals surface area contributed by atoms with Gasteiger partial charge in [-0.25, -0.2) is 4.68 Å². The number of hydrogen-bond donors (Lipinski definition) is 2. The van der Waals surface area contributed by atoms with Gasteiger partial charge in [0.15, 0.2) is 0 Å². The van der Waals surface area contributed by atoms with E-state index in [1.54, 1.807) is 24.3 Å². The Hall–Kier alpha value is -2.88. The third-order valence-electron chi connectivity index (χ3n) is 4.50. The van der Waals surface area contributed by atoms with Gasteiger partial charge >= 0.3 is 0 Å². The van der Waals surface area contributed by atoms with Gasteiger partial charge in [-0.3, -0.25) is 19.5 Å². The zero-order valence-electron chi connectivity index (χ0n) is 13.2. The van der Waals surface area contributed by atoms with E-state index in [1.165, 1.54) is 0 Å². The molecule has 7 nitrogen and oxygen atoms in total. The van der Waals surface area contributed by atoms with Gasteiger partial charge < -0.3 is 5.32 Å². The molecule has 0 radical (unpaired) electrons. The van der Waals surface area contributed by atoms with Gasteiger partial charge in [-0.1, -0.05) is 12.1 Å². The lowest BCUT2D eigenvalue weighted by Gasteiger charge is -2.22. The molecule has 0 unspecified atom stereocenters. The lowest BCUT2D eigenvalue weighted by Crippen LogP contribution is -2.45. The van der Waals surface area contributed by atoms with Crippen molar-refractivity contribution in [3.05, 3.63) is 45.0 Å². The van der Waals surface area contributed by atoms with Gasteiger partial charge in [-0.05, 0) is 37.8 Å². The zero-order chi connectivity index (χ0) is 17.2. The summed E-state index contributed by atoms with van der Waals surface area (Å²) in [5.74, 6) is -0.292. The highest BCUT2D eigenvalue weighted by molar-refractivity contribution is 5.80. The number of nitrogens with zero attached hydrogens (tertiary/aromatic N) is 2. The molecule has 1 fully saturated rings. The fraction of sp³-hybridized carbons (Fsp3) is 0.412. The van der Waals surface area contributed by atoms with Crippen LogP contribution in [0.25, 0.3) is 10.8 Å². The van der Waals surface area contributed by atoms with Crippen molar-refractivity contribution in [2.24, 2.45) is 0 Å². The van der Waals surface area contributed by atoms with E-state index in [1.807, 2.05) is 0 Å². The van der Waals surface area contributed by atoms with Gasteiger partial charge in [-0.15, -0.1) is 0 Å². The number of hydrogen-bond acceptors (Lipinski definition) is 4. The van der Waals surface area contributed by atoms with Crippen molar-refractivity contribution in [3.8, 4) is 6.07 Å². The molecule has 1 aliphatic carbocycles. The number of benzene rings is 1. The molecule has 0 atom stereocenters. The molecule has 3 rings (SSSR count). The molecule has 0 spiro atoms.